The number of imidazole rings is 3. The molecule has 0 saturated carbocycles. The first-order valence-corrected chi connectivity index (χ1v) is 38.3. The maximum absolute atomic E-state index is 15.2. The Labute approximate surface area is 664 Å². The predicted molar refractivity (Wildman–Crippen MR) is 419 cm³/mol. The molecule has 0 bridgehead atoms. The maximum Gasteiger partial charge on any atom is 0.245 e. The number of aryl methyl sites for hydroxylation is 1. The van der Waals surface area contributed by atoms with Gasteiger partial charge in [0, 0.05) is 106 Å². The number of aliphatic hydroxyl groups excluding tert-OH is 1. The lowest BCUT2D eigenvalue weighted by Gasteiger charge is -2.33. The Morgan fingerprint density at radius 3 is 1.62 bits per heavy atom. The van der Waals surface area contributed by atoms with Crippen LogP contribution in [0.3, 0.4) is 0 Å². The Kier molecular flexibility index (Phi) is 33.3. The number of carbonyl (C=O) groups is 14. The van der Waals surface area contributed by atoms with Gasteiger partial charge in [-0.1, -0.05) is 92.7 Å². The van der Waals surface area contributed by atoms with Gasteiger partial charge < -0.3 is 110 Å². The van der Waals surface area contributed by atoms with Crippen LogP contribution in [0.15, 0.2) is 129 Å². The zero-order valence-corrected chi connectivity index (χ0v) is 64.6. The van der Waals surface area contributed by atoms with Gasteiger partial charge in [-0.05, 0) is 48.4 Å². The molecule has 39 nitrogen and oxygen atoms in total. The molecular weight excluding hydrogens is 1510 g/mol. The summed E-state index contributed by atoms with van der Waals surface area (Å²) in [6.45, 7) is 0.522. The van der Waals surface area contributed by atoms with E-state index in [-0.39, 0.29) is 87.9 Å². The summed E-state index contributed by atoms with van der Waals surface area (Å²) < 4.78 is 1.56. The lowest BCUT2D eigenvalue weighted by atomic mass is 10.0. The second-order valence-electron chi connectivity index (χ2n) is 27.3. The molecular formula is C75H98N24O15S. The number of H-pyrrole nitrogens is 3. The number of nitrogens with two attached hydrogens (primary N) is 2. The number of aliphatic hydroxyl groups is 1. The van der Waals surface area contributed by atoms with E-state index < -0.39 is 181 Å². The van der Waals surface area contributed by atoms with Crippen LogP contribution in [0, 0.1) is 5.41 Å². The minimum Gasteiger partial charge on any atom is -0.394 e. The number of thioether (sulfide) groups is 1. The van der Waals surface area contributed by atoms with Gasteiger partial charge in [0.25, 0.3) is 0 Å². The summed E-state index contributed by atoms with van der Waals surface area (Å²) in [6, 6.07) is 7.32. The SMILES string of the molecule is CC[C@@H]1NC(=O)[C@H](Cc2ccccc2)NC(=O)CSC[C@@H](C(=O)NCC(N)=O)NC(=O)[C@H](Cc2cncn2C)NC(=O)[C@H](CC)NC(=O)[C@H](Cc2c[nH]cn2)NC(=O)[C@H](Cc2ccccc2)N(C)C(=O)[C@H](CCCNC(=N)N)NC(=O)[C@H](CO)NC(=O)CNC(=O)[C@H](Cc2c[nH]cn2)NC(=O)[C@H](Cc2c[nH]c3ccccc23)NC1=O. The fraction of sp³-hybridized carbons (Fsp3) is 0.413. The molecule has 5 heterocycles. The van der Waals surface area contributed by atoms with Gasteiger partial charge in [-0.2, -0.15) is 0 Å². The Hall–Kier alpha value is -13.0. The van der Waals surface area contributed by atoms with Gasteiger partial charge in [-0.25, -0.2) is 15.0 Å². The highest BCUT2D eigenvalue weighted by atomic mass is 32.2. The zero-order chi connectivity index (χ0) is 83.1. The summed E-state index contributed by atoms with van der Waals surface area (Å²) >= 11 is 0.824. The van der Waals surface area contributed by atoms with E-state index in [9.17, 15) is 62.6 Å². The highest BCUT2D eigenvalue weighted by molar-refractivity contribution is 8.00. The molecule has 0 unspecified atom stereocenters. The van der Waals surface area contributed by atoms with Crippen LogP contribution >= 0.6 is 11.8 Å². The summed E-state index contributed by atoms with van der Waals surface area (Å²) in [4.78, 5) is 224. The zero-order valence-electron chi connectivity index (χ0n) is 63.8. The van der Waals surface area contributed by atoms with E-state index in [2.05, 4.69) is 99.0 Å². The largest absolute Gasteiger partial charge is 0.394 e. The smallest absolute Gasteiger partial charge is 0.245 e. The van der Waals surface area contributed by atoms with Gasteiger partial charge in [-0.3, -0.25) is 72.5 Å². The number of hydrogen-bond donors (Lipinski definition) is 20. The number of primary amides is 1. The molecule has 4 aromatic heterocycles. The van der Waals surface area contributed by atoms with Crippen molar-refractivity contribution in [2.24, 2.45) is 18.5 Å². The van der Waals surface area contributed by atoms with Crippen molar-refractivity contribution in [1.82, 2.24) is 108 Å². The number of para-hydroxylation sites is 1. The van der Waals surface area contributed by atoms with Gasteiger partial charge in [0.2, 0.25) is 82.7 Å². The van der Waals surface area contributed by atoms with E-state index >= 15 is 9.59 Å². The Morgan fingerprint density at radius 1 is 0.557 bits per heavy atom. The molecule has 0 aliphatic carbocycles. The number of nitrogens with zero attached hydrogens (tertiary/aromatic N) is 5. The van der Waals surface area contributed by atoms with Crippen molar-refractivity contribution in [1.29, 1.82) is 5.41 Å². The summed E-state index contributed by atoms with van der Waals surface area (Å²) in [6.07, 6.45) is 8.29. The van der Waals surface area contributed by atoms with Crippen molar-refractivity contribution < 1.29 is 72.2 Å². The molecule has 115 heavy (non-hydrogen) atoms. The van der Waals surface area contributed by atoms with Crippen molar-refractivity contribution in [3.8, 4) is 0 Å². The van der Waals surface area contributed by atoms with Gasteiger partial charge in [-0.15, -0.1) is 11.8 Å². The van der Waals surface area contributed by atoms with E-state index in [1.165, 1.54) is 44.6 Å². The third-order valence-electron chi connectivity index (χ3n) is 18.7. The van der Waals surface area contributed by atoms with E-state index in [1.807, 2.05) is 0 Å². The normalized spacial score (nSPS) is 22.4. The first-order valence-electron chi connectivity index (χ1n) is 37.1. The first kappa shape index (κ1) is 87.6. The summed E-state index contributed by atoms with van der Waals surface area (Å²) in [5.74, 6) is -14.3. The van der Waals surface area contributed by atoms with Gasteiger partial charge in [0.1, 0.15) is 66.5 Å². The summed E-state index contributed by atoms with van der Waals surface area (Å²) in [5, 5.41) is 53.1. The standard InChI is InChI=1S/C75H98N24O15S/c1-5-49-66(106)93-54(26-44-30-83-51-21-14-13-20-48(44)51)69(109)94-55(27-45-31-79-39-86-45)64(104)85-35-62(102)89-58(36-100)72(112)92-52(22-15-23-82-75(77)78)74(114)99(4)60(25-43-18-11-8-12-19-43)73(113)96-56(28-46-32-80-40-87-46)70(110)91-50(6-2)67(107)95-57(29-47-33-81-41-98(47)3)71(111)97-59(65(105)84-34-61(76)101)37-115-38-63(103)88-53(68(108)90-49)24-42-16-9-7-10-17-42/h7-14,16-21,30-33,39-41,49-50,52-60,83,100H,5-6,15,22-29,34-38H2,1-4H3,(H2,76,101)(H,79,86)(H,80,87)(H,84,105)(H,85,104)(H,88,103)(H,89,102)(H,90,108)(H,91,110)(H,92,112)(H,93,106)(H,94,109)(H,95,107)(H,96,113)(H,97,111)(H4,77,78,82)/t49-,50-,52-,53-,54-,55-,56-,57-,58-,59-,60-/m0/s1. The lowest BCUT2D eigenvalue weighted by Crippen LogP contribution is -2.61. The number of amides is 14. The number of aromatic amines is 3. The molecule has 1 saturated heterocycles. The molecule has 1 fully saturated rings. The third kappa shape index (κ3) is 26.8. The number of rotatable bonds is 22. The van der Waals surface area contributed by atoms with Crippen molar-refractivity contribution in [2.45, 2.75) is 145 Å². The number of fused-ring (bicyclic) bond motifs is 1. The third-order valence-corrected chi connectivity index (χ3v) is 19.8. The number of likely N-dealkylation sites (N-methyl/N-ethyl adjacent to an activating group) is 1. The van der Waals surface area contributed by atoms with Gasteiger partial charge in [0.15, 0.2) is 5.96 Å². The van der Waals surface area contributed by atoms with E-state index in [0.717, 1.165) is 16.7 Å². The number of benzene rings is 3. The molecule has 1 aliphatic heterocycles. The van der Waals surface area contributed by atoms with Crippen molar-refractivity contribution in [3.05, 3.63) is 162 Å². The highest BCUT2D eigenvalue weighted by Gasteiger charge is 2.39. The maximum atomic E-state index is 15.2. The van der Waals surface area contributed by atoms with Crippen LogP contribution in [-0.4, -0.2) is 244 Å². The van der Waals surface area contributed by atoms with Gasteiger partial charge in [0.05, 0.1) is 55.8 Å². The van der Waals surface area contributed by atoms with Gasteiger partial charge >= 0.3 is 0 Å². The average Bonchev–Trinajstić information content (AvgIpc) is 1.73. The molecule has 40 heteroatoms. The Balaban J connectivity index is 1.16. The second-order valence-corrected chi connectivity index (χ2v) is 28.3. The Bertz CT molecular complexity index is 4510. The molecule has 8 rings (SSSR count). The number of guanidine groups is 1. The molecule has 1 aliphatic rings. The predicted octanol–water partition coefficient (Wildman–Crippen LogP) is -4.68. The molecule has 0 radical (unpaired) electrons. The fourth-order valence-electron chi connectivity index (χ4n) is 12.5. The lowest BCUT2D eigenvalue weighted by molar-refractivity contribution is -0.143. The van der Waals surface area contributed by atoms with Crippen LogP contribution in [0.25, 0.3) is 10.9 Å². The van der Waals surface area contributed by atoms with E-state index in [1.54, 1.807) is 117 Å². The van der Waals surface area contributed by atoms with Crippen LogP contribution in [0.2, 0.25) is 0 Å². The molecule has 11 atom stereocenters. The van der Waals surface area contributed by atoms with E-state index in [4.69, 9.17) is 16.9 Å². The number of carbonyl (C=O) groups excluding carboxylic acids is 14. The average molecular weight is 1610 g/mol. The monoisotopic (exact) mass is 1610 g/mol. The quantitative estimate of drug-likeness (QED) is 0.0172. The van der Waals surface area contributed by atoms with E-state index in [0.29, 0.717) is 33.3 Å². The molecule has 7 aromatic rings. The van der Waals surface area contributed by atoms with Crippen LogP contribution in [0.5, 0.6) is 0 Å². The van der Waals surface area contributed by atoms with Crippen molar-refractivity contribution in [3.63, 3.8) is 0 Å². The second kappa shape index (κ2) is 43.7. The first-order chi connectivity index (χ1) is 55.2. The summed E-state index contributed by atoms with van der Waals surface area (Å²) in [5.41, 5.74) is 14.3. The van der Waals surface area contributed by atoms with Crippen molar-refractivity contribution in [2.75, 3.05) is 44.8 Å². The highest BCUT2D eigenvalue weighted by Crippen LogP contribution is 2.21. The van der Waals surface area contributed by atoms with Crippen LogP contribution in [0.4, 0.5) is 0 Å². The minimum absolute atomic E-state index is 0.00194. The van der Waals surface area contributed by atoms with Crippen molar-refractivity contribution >= 4 is 111 Å². The number of aromatic nitrogens is 7. The topological polar surface area (TPSA) is 586 Å². The van der Waals surface area contributed by atoms with Crippen LogP contribution < -0.4 is 80.6 Å². The molecule has 0 spiro atoms. The molecule has 3 aromatic carbocycles. The van der Waals surface area contributed by atoms with Crippen LogP contribution in [0.1, 0.15) is 73.3 Å². The minimum atomic E-state index is -1.81. The molecule has 14 amide bonds. The number of nitrogens with one attached hydrogen (secondary N) is 17. The molecule has 614 valence electrons. The molecule has 22 N–H and O–H groups in total. The Morgan fingerprint density at radius 2 is 1.06 bits per heavy atom. The van der Waals surface area contributed by atoms with Crippen LogP contribution in [-0.2, 0) is 113 Å². The summed E-state index contributed by atoms with van der Waals surface area (Å²) in [7, 11) is 2.89. The fourth-order valence-corrected chi connectivity index (χ4v) is 13.3. The number of hydrogen-bond acceptors (Lipinski definition) is 20.